The maximum absolute atomic E-state index is 13.6. The third-order valence-electron chi connectivity index (χ3n) is 7.37. The molecule has 208 valence electrons. The highest BCUT2D eigenvalue weighted by molar-refractivity contribution is 6.30. The minimum absolute atomic E-state index is 0.0339. The number of carbonyl (C=O) groups is 2. The molecule has 0 spiro atoms. The minimum atomic E-state index is -0.497. The van der Waals surface area contributed by atoms with Crippen molar-refractivity contribution in [1.29, 1.82) is 0 Å². The van der Waals surface area contributed by atoms with Crippen LogP contribution >= 0.6 is 11.6 Å². The zero-order valence-electron chi connectivity index (χ0n) is 23.2. The van der Waals surface area contributed by atoms with E-state index in [1.807, 2.05) is 17.0 Å². The molecule has 2 atom stereocenters. The maximum Gasteiger partial charge on any atom is 0.254 e. The number of benzene rings is 2. The second-order valence-corrected chi connectivity index (χ2v) is 10.9. The largest absolute Gasteiger partial charge is 0.366 e. The molecular formula is C32H45ClN2O3. The Morgan fingerprint density at radius 1 is 0.947 bits per heavy atom. The van der Waals surface area contributed by atoms with Crippen molar-refractivity contribution in [2.24, 2.45) is 0 Å². The molecule has 5 nitrogen and oxygen atoms in total. The normalized spacial score (nSPS) is 15.7. The summed E-state index contributed by atoms with van der Waals surface area (Å²) in [6.07, 6.45) is 11.3. The van der Waals surface area contributed by atoms with Crippen LogP contribution in [0.2, 0.25) is 5.02 Å². The maximum atomic E-state index is 13.6. The van der Waals surface area contributed by atoms with E-state index in [1.165, 1.54) is 37.7 Å². The van der Waals surface area contributed by atoms with Crippen molar-refractivity contribution in [2.45, 2.75) is 103 Å². The lowest BCUT2D eigenvalue weighted by Crippen LogP contribution is -2.48. The second-order valence-electron chi connectivity index (χ2n) is 10.4. The van der Waals surface area contributed by atoms with E-state index in [0.717, 1.165) is 31.2 Å². The van der Waals surface area contributed by atoms with Crippen LogP contribution in [0.3, 0.4) is 0 Å². The zero-order valence-corrected chi connectivity index (χ0v) is 24.0. The Kier molecular flexibility index (Phi) is 13.2. The Morgan fingerprint density at radius 2 is 1.66 bits per heavy atom. The Hall–Kier alpha value is -2.37. The molecule has 1 aliphatic heterocycles. The summed E-state index contributed by atoms with van der Waals surface area (Å²) in [5.74, 6) is -0.0972. The fraction of sp³-hybridized carbons (Fsp3) is 0.562. The SMILES string of the molecule is CCCCCCCCCC(OCC1Cc2ccccc2CN1C(=O)c1cccc(Cl)c1)C(=O)NCCCC. The molecular weight excluding hydrogens is 496 g/mol. The highest BCUT2D eigenvalue weighted by Crippen LogP contribution is 2.26. The molecule has 2 amide bonds. The molecule has 0 aromatic heterocycles. The van der Waals surface area contributed by atoms with Crippen molar-refractivity contribution in [3.05, 3.63) is 70.2 Å². The first kappa shape index (κ1) is 30.2. The van der Waals surface area contributed by atoms with Crippen LogP contribution in [0, 0.1) is 0 Å². The van der Waals surface area contributed by atoms with Crippen molar-refractivity contribution >= 4 is 23.4 Å². The minimum Gasteiger partial charge on any atom is -0.366 e. The average Bonchev–Trinajstić information content (AvgIpc) is 2.93. The van der Waals surface area contributed by atoms with E-state index in [2.05, 4.69) is 31.3 Å². The highest BCUT2D eigenvalue weighted by atomic mass is 35.5. The van der Waals surface area contributed by atoms with Crippen molar-refractivity contribution in [1.82, 2.24) is 10.2 Å². The zero-order chi connectivity index (χ0) is 27.2. The Balaban J connectivity index is 1.67. The molecule has 2 aromatic rings. The quantitative estimate of drug-likeness (QED) is 0.226. The Labute approximate surface area is 234 Å². The molecule has 3 rings (SSSR count). The van der Waals surface area contributed by atoms with E-state index in [9.17, 15) is 9.59 Å². The molecule has 1 aliphatic rings. The molecule has 0 saturated heterocycles. The number of nitrogens with zero attached hydrogens (tertiary/aromatic N) is 1. The number of rotatable bonds is 16. The molecule has 1 N–H and O–H groups in total. The number of nitrogens with one attached hydrogen (secondary N) is 1. The van der Waals surface area contributed by atoms with Gasteiger partial charge < -0.3 is 15.0 Å². The van der Waals surface area contributed by atoms with Gasteiger partial charge in [0.2, 0.25) is 5.91 Å². The summed E-state index contributed by atoms with van der Waals surface area (Å²) in [7, 11) is 0. The van der Waals surface area contributed by atoms with Crippen LogP contribution in [-0.4, -0.2) is 42.0 Å². The van der Waals surface area contributed by atoms with Crippen LogP contribution in [0.15, 0.2) is 48.5 Å². The summed E-state index contributed by atoms with van der Waals surface area (Å²) in [6.45, 7) is 5.85. The summed E-state index contributed by atoms with van der Waals surface area (Å²) < 4.78 is 6.34. The van der Waals surface area contributed by atoms with Crippen LogP contribution in [0.25, 0.3) is 0 Å². The first-order valence-electron chi connectivity index (χ1n) is 14.6. The number of halogens is 1. The number of hydrogen-bond acceptors (Lipinski definition) is 3. The first-order chi connectivity index (χ1) is 18.5. The standard InChI is InChI=1S/C32H45ClN2O3/c1-3-5-7-8-9-10-11-19-30(31(36)34-20-6-4-2)38-24-29-22-25-15-12-13-16-27(25)23-35(29)32(37)26-17-14-18-28(33)21-26/h12-18,21,29-30H,3-11,19-20,22-24H2,1-2H3,(H,34,36). The molecule has 0 radical (unpaired) electrons. The summed E-state index contributed by atoms with van der Waals surface area (Å²) in [5, 5.41) is 3.60. The van der Waals surface area contributed by atoms with Gasteiger partial charge in [0.25, 0.3) is 5.91 Å². The van der Waals surface area contributed by atoms with Crippen LogP contribution in [-0.2, 0) is 22.5 Å². The summed E-state index contributed by atoms with van der Waals surface area (Å²) >= 11 is 6.19. The Morgan fingerprint density at radius 3 is 2.39 bits per heavy atom. The van der Waals surface area contributed by atoms with Crippen LogP contribution in [0.5, 0.6) is 0 Å². The molecule has 0 saturated carbocycles. The monoisotopic (exact) mass is 540 g/mol. The predicted molar refractivity (Wildman–Crippen MR) is 156 cm³/mol. The lowest BCUT2D eigenvalue weighted by Gasteiger charge is -2.37. The van der Waals surface area contributed by atoms with Gasteiger partial charge in [0, 0.05) is 23.7 Å². The van der Waals surface area contributed by atoms with Crippen molar-refractivity contribution < 1.29 is 14.3 Å². The molecule has 0 bridgehead atoms. The number of fused-ring (bicyclic) bond motifs is 1. The molecule has 6 heteroatoms. The molecule has 0 aliphatic carbocycles. The fourth-order valence-electron chi connectivity index (χ4n) is 5.07. The third kappa shape index (κ3) is 9.43. The smallest absolute Gasteiger partial charge is 0.254 e. The van der Waals surface area contributed by atoms with E-state index in [1.54, 1.807) is 24.3 Å². The molecule has 38 heavy (non-hydrogen) atoms. The van der Waals surface area contributed by atoms with E-state index in [0.29, 0.717) is 43.1 Å². The number of hydrogen-bond donors (Lipinski definition) is 1. The summed E-state index contributed by atoms with van der Waals surface area (Å²) in [5.41, 5.74) is 2.95. The van der Waals surface area contributed by atoms with Gasteiger partial charge in [0.15, 0.2) is 0 Å². The van der Waals surface area contributed by atoms with Gasteiger partial charge in [-0.25, -0.2) is 0 Å². The predicted octanol–water partition coefficient (Wildman–Crippen LogP) is 7.35. The number of ether oxygens (including phenoxy) is 1. The van der Waals surface area contributed by atoms with Gasteiger partial charge in [0.05, 0.1) is 12.6 Å². The first-order valence-corrected chi connectivity index (χ1v) is 14.9. The topological polar surface area (TPSA) is 58.6 Å². The Bertz CT molecular complexity index is 1010. The third-order valence-corrected chi connectivity index (χ3v) is 7.60. The average molecular weight is 541 g/mol. The van der Waals surface area contributed by atoms with Crippen molar-refractivity contribution in [2.75, 3.05) is 13.2 Å². The van der Waals surface area contributed by atoms with Crippen LogP contribution in [0.1, 0.15) is 99.5 Å². The highest BCUT2D eigenvalue weighted by Gasteiger charge is 2.32. The van der Waals surface area contributed by atoms with Crippen LogP contribution in [0.4, 0.5) is 0 Å². The molecule has 1 heterocycles. The number of carbonyl (C=O) groups excluding carboxylic acids is 2. The van der Waals surface area contributed by atoms with Crippen LogP contribution < -0.4 is 5.32 Å². The van der Waals surface area contributed by atoms with E-state index in [4.69, 9.17) is 16.3 Å². The summed E-state index contributed by atoms with van der Waals surface area (Å²) in [6, 6.07) is 15.2. The van der Waals surface area contributed by atoms with E-state index < -0.39 is 6.10 Å². The van der Waals surface area contributed by atoms with Gasteiger partial charge in [-0.05, 0) is 48.6 Å². The van der Waals surface area contributed by atoms with E-state index >= 15 is 0 Å². The van der Waals surface area contributed by atoms with Gasteiger partial charge in [-0.1, -0.05) is 107 Å². The van der Waals surface area contributed by atoms with Gasteiger partial charge in [0.1, 0.15) is 6.10 Å². The van der Waals surface area contributed by atoms with Crippen molar-refractivity contribution in [3.8, 4) is 0 Å². The van der Waals surface area contributed by atoms with Crippen molar-refractivity contribution in [3.63, 3.8) is 0 Å². The number of unbranched alkanes of at least 4 members (excludes halogenated alkanes) is 7. The fourth-order valence-corrected chi connectivity index (χ4v) is 5.26. The molecule has 2 unspecified atom stereocenters. The lowest BCUT2D eigenvalue weighted by molar-refractivity contribution is -0.134. The summed E-state index contributed by atoms with van der Waals surface area (Å²) in [4.78, 5) is 28.5. The van der Waals surface area contributed by atoms with E-state index in [-0.39, 0.29) is 17.9 Å². The van der Waals surface area contributed by atoms with Gasteiger partial charge in [-0.2, -0.15) is 0 Å². The molecule has 0 fully saturated rings. The van der Waals surface area contributed by atoms with Gasteiger partial charge in [-0.3, -0.25) is 9.59 Å². The lowest BCUT2D eigenvalue weighted by atomic mass is 9.93. The second kappa shape index (κ2) is 16.6. The van der Waals surface area contributed by atoms with Gasteiger partial charge >= 0.3 is 0 Å². The number of amides is 2. The van der Waals surface area contributed by atoms with Gasteiger partial charge in [-0.15, -0.1) is 0 Å². The molecule has 2 aromatic carbocycles.